The highest BCUT2D eigenvalue weighted by atomic mass is 32.1. The SMILES string of the molecule is Cn1cc(Nc2ncnc3sccc23)cn1. The molecule has 5 nitrogen and oxygen atoms in total. The fraction of sp³-hybridized carbons (Fsp3) is 0.100. The van der Waals surface area contributed by atoms with Gasteiger partial charge in [0.25, 0.3) is 0 Å². The first kappa shape index (κ1) is 9.29. The molecule has 3 heterocycles. The van der Waals surface area contributed by atoms with Crippen LogP contribution in [0.5, 0.6) is 0 Å². The first-order valence-electron chi connectivity index (χ1n) is 4.77. The summed E-state index contributed by atoms with van der Waals surface area (Å²) in [6.07, 6.45) is 5.23. The van der Waals surface area contributed by atoms with E-state index in [4.69, 9.17) is 0 Å². The fourth-order valence-electron chi connectivity index (χ4n) is 1.51. The molecule has 0 aliphatic carbocycles. The lowest BCUT2D eigenvalue weighted by molar-refractivity contribution is 0.768. The maximum Gasteiger partial charge on any atom is 0.142 e. The van der Waals surface area contributed by atoms with Crippen LogP contribution in [0.1, 0.15) is 0 Å². The van der Waals surface area contributed by atoms with E-state index in [0.717, 1.165) is 21.7 Å². The van der Waals surface area contributed by atoms with Gasteiger partial charge in [-0.15, -0.1) is 11.3 Å². The van der Waals surface area contributed by atoms with Crippen molar-refractivity contribution in [1.82, 2.24) is 19.7 Å². The van der Waals surface area contributed by atoms with Crippen molar-refractivity contribution < 1.29 is 0 Å². The first-order chi connectivity index (χ1) is 7.83. The standard InChI is InChI=1S/C10H9N5S/c1-15-5-7(4-13-15)14-9-8-2-3-16-10(8)12-6-11-9/h2-6H,1H3,(H,11,12,14). The third kappa shape index (κ3) is 1.53. The van der Waals surface area contributed by atoms with Gasteiger partial charge in [0.1, 0.15) is 17.0 Å². The minimum absolute atomic E-state index is 0.819. The van der Waals surface area contributed by atoms with E-state index >= 15 is 0 Å². The molecule has 0 unspecified atom stereocenters. The van der Waals surface area contributed by atoms with Gasteiger partial charge in [-0.25, -0.2) is 9.97 Å². The molecule has 0 spiro atoms. The summed E-state index contributed by atoms with van der Waals surface area (Å²) in [6, 6.07) is 2.01. The Morgan fingerprint density at radius 3 is 3.12 bits per heavy atom. The van der Waals surface area contributed by atoms with Crippen LogP contribution >= 0.6 is 11.3 Å². The van der Waals surface area contributed by atoms with Gasteiger partial charge in [-0.3, -0.25) is 4.68 Å². The van der Waals surface area contributed by atoms with Gasteiger partial charge in [-0.1, -0.05) is 0 Å². The quantitative estimate of drug-likeness (QED) is 0.734. The number of nitrogens with zero attached hydrogens (tertiary/aromatic N) is 4. The zero-order chi connectivity index (χ0) is 11.0. The highest BCUT2D eigenvalue weighted by Gasteiger charge is 2.05. The molecular weight excluding hydrogens is 222 g/mol. The highest BCUT2D eigenvalue weighted by molar-refractivity contribution is 7.16. The van der Waals surface area contributed by atoms with Crippen LogP contribution in [0.15, 0.2) is 30.2 Å². The molecular formula is C10H9N5S. The topological polar surface area (TPSA) is 55.6 Å². The zero-order valence-electron chi connectivity index (χ0n) is 8.58. The molecule has 0 aromatic carbocycles. The molecule has 3 rings (SSSR count). The van der Waals surface area contributed by atoms with E-state index in [2.05, 4.69) is 20.4 Å². The molecule has 0 aliphatic heterocycles. The maximum absolute atomic E-state index is 4.23. The Bertz CT molecular complexity index is 627. The van der Waals surface area contributed by atoms with Crippen molar-refractivity contribution in [2.75, 3.05) is 5.32 Å². The summed E-state index contributed by atoms with van der Waals surface area (Å²) in [4.78, 5) is 9.41. The van der Waals surface area contributed by atoms with Crippen LogP contribution in [0.4, 0.5) is 11.5 Å². The molecule has 6 heteroatoms. The van der Waals surface area contributed by atoms with E-state index < -0.39 is 0 Å². The average Bonchev–Trinajstić information content (AvgIpc) is 2.87. The lowest BCUT2D eigenvalue weighted by Gasteiger charge is -2.02. The van der Waals surface area contributed by atoms with Crippen LogP contribution < -0.4 is 5.32 Å². The molecule has 0 amide bonds. The number of fused-ring (bicyclic) bond motifs is 1. The van der Waals surface area contributed by atoms with Gasteiger partial charge in [0.15, 0.2) is 0 Å². The average molecular weight is 231 g/mol. The number of aromatic nitrogens is 4. The van der Waals surface area contributed by atoms with E-state index in [-0.39, 0.29) is 0 Å². The number of hydrogen-bond acceptors (Lipinski definition) is 5. The first-order valence-corrected chi connectivity index (χ1v) is 5.65. The molecule has 16 heavy (non-hydrogen) atoms. The van der Waals surface area contributed by atoms with Crippen molar-refractivity contribution in [3.05, 3.63) is 30.2 Å². The Kier molecular flexibility index (Phi) is 2.07. The minimum Gasteiger partial charge on any atom is -0.337 e. The van der Waals surface area contributed by atoms with Gasteiger partial charge < -0.3 is 5.32 Å². The molecule has 0 saturated carbocycles. The summed E-state index contributed by atoms with van der Waals surface area (Å²) < 4.78 is 1.74. The largest absolute Gasteiger partial charge is 0.337 e. The van der Waals surface area contributed by atoms with Gasteiger partial charge in [0.05, 0.1) is 17.3 Å². The number of hydrogen-bond donors (Lipinski definition) is 1. The summed E-state index contributed by atoms with van der Waals surface area (Å²) in [5, 5.41) is 10.4. The second-order valence-corrected chi connectivity index (χ2v) is 4.28. The number of thiophene rings is 1. The minimum atomic E-state index is 0.819. The molecule has 0 bridgehead atoms. The van der Waals surface area contributed by atoms with Crippen LogP contribution in [0.2, 0.25) is 0 Å². The number of rotatable bonds is 2. The van der Waals surface area contributed by atoms with Crippen LogP contribution in [0, 0.1) is 0 Å². The molecule has 0 radical (unpaired) electrons. The Morgan fingerprint density at radius 2 is 2.31 bits per heavy atom. The Balaban J connectivity index is 2.03. The van der Waals surface area contributed by atoms with Crippen molar-refractivity contribution >= 4 is 33.1 Å². The maximum atomic E-state index is 4.23. The summed E-state index contributed by atoms with van der Waals surface area (Å²) >= 11 is 1.61. The second-order valence-electron chi connectivity index (χ2n) is 3.39. The molecule has 1 N–H and O–H groups in total. The Hall–Kier alpha value is -1.95. The number of nitrogens with one attached hydrogen (secondary N) is 1. The molecule has 80 valence electrons. The van der Waals surface area contributed by atoms with Crippen LogP contribution in [0.25, 0.3) is 10.2 Å². The van der Waals surface area contributed by atoms with E-state index in [1.807, 2.05) is 24.7 Å². The third-order valence-corrected chi connectivity index (χ3v) is 3.05. The molecule has 3 aromatic rings. The summed E-state index contributed by atoms with van der Waals surface area (Å²) in [5.74, 6) is 0.819. The molecule has 3 aromatic heterocycles. The molecule has 0 fully saturated rings. The predicted molar refractivity (Wildman–Crippen MR) is 63.9 cm³/mol. The number of aryl methyl sites for hydroxylation is 1. The Morgan fingerprint density at radius 1 is 1.38 bits per heavy atom. The normalized spacial score (nSPS) is 10.8. The summed E-state index contributed by atoms with van der Waals surface area (Å²) in [7, 11) is 1.88. The summed E-state index contributed by atoms with van der Waals surface area (Å²) in [6.45, 7) is 0. The summed E-state index contributed by atoms with van der Waals surface area (Å²) in [5.41, 5.74) is 0.925. The third-order valence-electron chi connectivity index (χ3n) is 2.23. The van der Waals surface area contributed by atoms with Gasteiger partial charge in [0.2, 0.25) is 0 Å². The van der Waals surface area contributed by atoms with E-state index in [9.17, 15) is 0 Å². The fourth-order valence-corrected chi connectivity index (χ4v) is 2.24. The second kappa shape index (κ2) is 3.57. The van der Waals surface area contributed by atoms with Crippen LogP contribution in [0.3, 0.4) is 0 Å². The van der Waals surface area contributed by atoms with Gasteiger partial charge in [0, 0.05) is 13.2 Å². The van der Waals surface area contributed by atoms with Crippen molar-refractivity contribution in [1.29, 1.82) is 0 Å². The lowest BCUT2D eigenvalue weighted by Crippen LogP contribution is -1.93. The zero-order valence-corrected chi connectivity index (χ0v) is 9.40. The molecule has 0 aliphatic rings. The molecule has 0 saturated heterocycles. The van der Waals surface area contributed by atoms with Crippen molar-refractivity contribution in [2.45, 2.75) is 0 Å². The van der Waals surface area contributed by atoms with Gasteiger partial charge >= 0.3 is 0 Å². The lowest BCUT2D eigenvalue weighted by atomic mass is 10.4. The monoisotopic (exact) mass is 231 g/mol. The van der Waals surface area contributed by atoms with Gasteiger partial charge in [-0.05, 0) is 11.4 Å². The number of anilines is 2. The predicted octanol–water partition coefficient (Wildman–Crippen LogP) is 2.17. The van der Waals surface area contributed by atoms with Crippen molar-refractivity contribution in [2.24, 2.45) is 7.05 Å². The van der Waals surface area contributed by atoms with Crippen LogP contribution in [-0.2, 0) is 7.05 Å². The smallest absolute Gasteiger partial charge is 0.142 e. The van der Waals surface area contributed by atoms with E-state index in [1.54, 1.807) is 28.5 Å². The van der Waals surface area contributed by atoms with E-state index in [0.29, 0.717) is 0 Å². The van der Waals surface area contributed by atoms with Gasteiger partial charge in [-0.2, -0.15) is 5.10 Å². The molecule has 0 atom stereocenters. The Labute approximate surface area is 95.8 Å². The highest BCUT2D eigenvalue weighted by Crippen LogP contribution is 2.25. The van der Waals surface area contributed by atoms with Crippen molar-refractivity contribution in [3.63, 3.8) is 0 Å². The van der Waals surface area contributed by atoms with Crippen LogP contribution in [-0.4, -0.2) is 19.7 Å². The van der Waals surface area contributed by atoms with E-state index in [1.165, 1.54) is 0 Å². The van der Waals surface area contributed by atoms with Crippen molar-refractivity contribution in [3.8, 4) is 0 Å².